The van der Waals surface area contributed by atoms with Crippen molar-refractivity contribution in [1.82, 2.24) is 20.4 Å². The highest BCUT2D eigenvalue weighted by Crippen LogP contribution is 2.23. The van der Waals surface area contributed by atoms with Crippen molar-refractivity contribution in [2.75, 3.05) is 25.0 Å². The zero-order chi connectivity index (χ0) is 21.5. The normalized spacial score (nSPS) is 10.6. The summed E-state index contributed by atoms with van der Waals surface area (Å²) in [5, 5.41) is 10.6. The minimum Gasteiger partial charge on any atom is -0.462 e. The molecule has 0 radical (unpaired) electrons. The molecule has 9 nitrogen and oxygen atoms in total. The van der Waals surface area contributed by atoms with Gasteiger partial charge in [-0.15, -0.1) is 0 Å². The molecule has 0 unspecified atom stereocenters. The zero-order valence-electron chi connectivity index (χ0n) is 17.0. The van der Waals surface area contributed by atoms with Gasteiger partial charge in [0.25, 0.3) is 5.91 Å². The van der Waals surface area contributed by atoms with Crippen LogP contribution in [0.4, 0.5) is 5.13 Å². The van der Waals surface area contributed by atoms with E-state index in [4.69, 9.17) is 9.26 Å². The fourth-order valence-electron chi connectivity index (χ4n) is 2.66. The lowest BCUT2D eigenvalue weighted by atomic mass is 10.1. The van der Waals surface area contributed by atoms with Gasteiger partial charge in [-0.25, -0.2) is 9.78 Å². The molecule has 30 heavy (non-hydrogen) atoms. The van der Waals surface area contributed by atoms with Crippen LogP contribution >= 0.6 is 11.3 Å². The van der Waals surface area contributed by atoms with Gasteiger partial charge in [-0.3, -0.25) is 4.79 Å². The van der Waals surface area contributed by atoms with E-state index in [0.717, 1.165) is 5.56 Å². The van der Waals surface area contributed by atoms with Crippen LogP contribution in [-0.2, 0) is 4.74 Å². The first kappa shape index (κ1) is 21.4. The molecule has 0 aliphatic carbocycles. The number of nitrogens with zero attached hydrogens (tertiary/aromatic N) is 3. The Hall–Kier alpha value is -3.27. The number of ether oxygens (including phenoxy) is 1. The third-order valence-corrected chi connectivity index (χ3v) is 5.18. The summed E-state index contributed by atoms with van der Waals surface area (Å²) in [5.41, 5.74) is 1.89. The standard InChI is InChI=1S/C20H23N5O4S/c1-4-28-19(27)16-12(2)23-20(30-16)22-10-6-9-21-18(26)15-8-5-7-14(11-15)17-24-13(3)29-25-17/h5,7-8,11H,4,6,9-10H2,1-3H3,(H,21,26)(H,22,23). The molecule has 2 aromatic heterocycles. The second kappa shape index (κ2) is 9.97. The van der Waals surface area contributed by atoms with E-state index < -0.39 is 0 Å². The third kappa shape index (κ3) is 5.41. The Morgan fingerprint density at radius 3 is 2.77 bits per heavy atom. The van der Waals surface area contributed by atoms with Gasteiger partial charge in [0.1, 0.15) is 4.88 Å². The Morgan fingerprint density at radius 1 is 1.20 bits per heavy atom. The maximum Gasteiger partial charge on any atom is 0.350 e. The summed E-state index contributed by atoms with van der Waals surface area (Å²) in [5.74, 6) is 0.391. The van der Waals surface area contributed by atoms with E-state index in [9.17, 15) is 9.59 Å². The maximum atomic E-state index is 12.4. The lowest BCUT2D eigenvalue weighted by Gasteiger charge is -2.06. The van der Waals surface area contributed by atoms with E-state index in [1.54, 1.807) is 39.0 Å². The van der Waals surface area contributed by atoms with E-state index in [0.29, 0.717) is 59.1 Å². The van der Waals surface area contributed by atoms with Gasteiger partial charge in [0.15, 0.2) is 5.13 Å². The number of rotatable bonds is 9. The molecule has 0 saturated heterocycles. The lowest BCUT2D eigenvalue weighted by molar-refractivity contribution is 0.0531. The second-order valence-corrected chi connectivity index (χ2v) is 7.41. The Balaban J connectivity index is 1.45. The average Bonchev–Trinajstić information content (AvgIpc) is 3.33. The first-order valence-electron chi connectivity index (χ1n) is 9.55. The van der Waals surface area contributed by atoms with Crippen LogP contribution in [-0.4, -0.2) is 46.7 Å². The second-order valence-electron chi connectivity index (χ2n) is 6.41. The van der Waals surface area contributed by atoms with Gasteiger partial charge < -0.3 is 19.9 Å². The molecule has 0 atom stereocenters. The van der Waals surface area contributed by atoms with Gasteiger partial charge in [-0.05, 0) is 32.4 Å². The minimum atomic E-state index is -0.356. The molecule has 0 saturated carbocycles. The number of hydrogen-bond donors (Lipinski definition) is 2. The van der Waals surface area contributed by atoms with Gasteiger partial charge in [0.05, 0.1) is 12.3 Å². The van der Waals surface area contributed by atoms with Crippen LogP contribution in [0.3, 0.4) is 0 Å². The van der Waals surface area contributed by atoms with E-state index in [2.05, 4.69) is 25.8 Å². The first-order chi connectivity index (χ1) is 14.5. The molecule has 1 aromatic carbocycles. The highest BCUT2D eigenvalue weighted by Gasteiger charge is 2.16. The Morgan fingerprint density at radius 2 is 2.03 bits per heavy atom. The van der Waals surface area contributed by atoms with Gasteiger partial charge in [-0.2, -0.15) is 4.98 Å². The Bertz CT molecular complexity index is 1030. The highest BCUT2D eigenvalue weighted by atomic mass is 32.1. The zero-order valence-corrected chi connectivity index (χ0v) is 17.8. The Labute approximate surface area is 177 Å². The summed E-state index contributed by atoms with van der Waals surface area (Å²) < 4.78 is 10.00. The molecule has 1 amide bonds. The van der Waals surface area contributed by atoms with Crippen molar-refractivity contribution in [3.8, 4) is 11.4 Å². The molecular weight excluding hydrogens is 406 g/mol. The van der Waals surface area contributed by atoms with Crippen molar-refractivity contribution in [3.63, 3.8) is 0 Å². The van der Waals surface area contributed by atoms with Crippen molar-refractivity contribution < 1.29 is 18.8 Å². The molecule has 0 aliphatic heterocycles. The van der Waals surface area contributed by atoms with Crippen molar-refractivity contribution >= 4 is 28.3 Å². The van der Waals surface area contributed by atoms with E-state index in [-0.39, 0.29) is 11.9 Å². The van der Waals surface area contributed by atoms with Crippen LogP contribution in [0.25, 0.3) is 11.4 Å². The molecule has 0 fully saturated rings. The monoisotopic (exact) mass is 429 g/mol. The quantitative estimate of drug-likeness (QED) is 0.393. The predicted molar refractivity (Wildman–Crippen MR) is 113 cm³/mol. The van der Waals surface area contributed by atoms with Gasteiger partial charge in [-0.1, -0.05) is 28.6 Å². The van der Waals surface area contributed by atoms with Crippen molar-refractivity contribution in [2.24, 2.45) is 0 Å². The molecule has 158 valence electrons. The number of nitrogens with one attached hydrogen (secondary N) is 2. The number of amides is 1. The molecule has 2 heterocycles. The Kier molecular flexibility index (Phi) is 7.12. The van der Waals surface area contributed by atoms with E-state index >= 15 is 0 Å². The lowest BCUT2D eigenvalue weighted by Crippen LogP contribution is -2.25. The fourth-order valence-corrected chi connectivity index (χ4v) is 3.55. The SMILES string of the molecule is CCOC(=O)c1sc(NCCCNC(=O)c2cccc(-c3noc(C)n3)c2)nc1C. The van der Waals surface area contributed by atoms with Gasteiger partial charge >= 0.3 is 5.97 Å². The topological polar surface area (TPSA) is 119 Å². The van der Waals surface area contributed by atoms with Crippen LogP contribution < -0.4 is 10.6 Å². The summed E-state index contributed by atoms with van der Waals surface area (Å²) in [6.07, 6.45) is 0.697. The van der Waals surface area contributed by atoms with Crippen molar-refractivity contribution in [2.45, 2.75) is 27.2 Å². The summed E-state index contributed by atoms with van der Waals surface area (Å²) in [6, 6.07) is 7.07. The van der Waals surface area contributed by atoms with Crippen LogP contribution in [0, 0.1) is 13.8 Å². The summed E-state index contributed by atoms with van der Waals surface area (Å²) >= 11 is 1.27. The molecule has 0 bridgehead atoms. The highest BCUT2D eigenvalue weighted by molar-refractivity contribution is 7.17. The number of esters is 1. The average molecular weight is 430 g/mol. The number of aromatic nitrogens is 3. The van der Waals surface area contributed by atoms with Gasteiger partial charge in [0, 0.05) is 31.1 Å². The molecule has 3 rings (SSSR count). The van der Waals surface area contributed by atoms with Crippen molar-refractivity contribution in [1.29, 1.82) is 0 Å². The number of benzene rings is 1. The molecule has 0 aliphatic rings. The smallest absolute Gasteiger partial charge is 0.350 e. The van der Waals surface area contributed by atoms with Crippen LogP contribution in [0.5, 0.6) is 0 Å². The van der Waals surface area contributed by atoms with E-state index in [1.807, 2.05) is 6.07 Å². The molecule has 2 N–H and O–H groups in total. The van der Waals surface area contributed by atoms with Crippen molar-refractivity contribution in [3.05, 3.63) is 46.3 Å². The number of anilines is 1. The molecule has 0 spiro atoms. The van der Waals surface area contributed by atoms with E-state index in [1.165, 1.54) is 11.3 Å². The van der Waals surface area contributed by atoms with Gasteiger partial charge in [0.2, 0.25) is 11.7 Å². The summed E-state index contributed by atoms with van der Waals surface area (Å²) in [7, 11) is 0. The largest absolute Gasteiger partial charge is 0.462 e. The summed E-state index contributed by atoms with van der Waals surface area (Å²) in [4.78, 5) is 33.2. The molecular formula is C20H23N5O4S. The van der Waals surface area contributed by atoms with Crippen LogP contribution in [0.2, 0.25) is 0 Å². The number of thiazole rings is 1. The predicted octanol–water partition coefficient (Wildman–Crippen LogP) is 3.22. The summed E-state index contributed by atoms with van der Waals surface area (Å²) in [6.45, 7) is 6.69. The first-order valence-corrected chi connectivity index (χ1v) is 10.4. The number of aryl methyl sites for hydroxylation is 2. The minimum absolute atomic E-state index is 0.174. The molecule has 3 aromatic rings. The molecule has 10 heteroatoms. The third-order valence-electron chi connectivity index (χ3n) is 4.08. The number of carbonyl (C=O) groups is 2. The number of hydrogen-bond acceptors (Lipinski definition) is 9. The maximum absolute atomic E-state index is 12.4. The number of carbonyl (C=O) groups excluding carboxylic acids is 2. The van der Waals surface area contributed by atoms with Crippen LogP contribution in [0.1, 0.15) is 45.0 Å². The van der Waals surface area contributed by atoms with Crippen LogP contribution in [0.15, 0.2) is 28.8 Å². The fraction of sp³-hybridized carbons (Fsp3) is 0.350.